The van der Waals surface area contributed by atoms with E-state index in [1.165, 1.54) is 31.8 Å². The Morgan fingerprint density at radius 2 is 0.674 bits per heavy atom. The van der Waals surface area contributed by atoms with E-state index in [0.717, 1.165) is 0 Å². The van der Waals surface area contributed by atoms with Gasteiger partial charge in [0.25, 0.3) is 0 Å². The summed E-state index contributed by atoms with van der Waals surface area (Å²) in [5.74, 6) is 0. The monoisotopic (exact) mass is 814 g/mol. The molecule has 0 nitrogen and oxygen atoms in total. The second-order valence-electron chi connectivity index (χ2n) is 8.45. The van der Waals surface area contributed by atoms with Crippen LogP contribution in [0.4, 0.5) is 0 Å². The van der Waals surface area contributed by atoms with Gasteiger partial charge in [-0.2, -0.15) is 47.0 Å². The molecule has 6 rings (SSSR count). The van der Waals surface area contributed by atoms with Gasteiger partial charge in [-0.25, -0.2) is 12.1 Å². The summed E-state index contributed by atoms with van der Waals surface area (Å²) in [5.41, 5.74) is 0. The van der Waals surface area contributed by atoms with Crippen LogP contribution < -0.4 is 31.8 Å². The Morgan fingerprint density at radius 1 is 0.442 bits per heavy atom. The summed E-state index contributed by atoms with van der Waals surface area (Å²) < 4.78 is 0. The van der Waals surface area contributed by atoms with E-state index in [-0.39, 0.29) is 38.3 Å². The van der Waals surface area contributed by atoms with Crippen molar-refractivity contribution in [3.05, 3.63) is 170 Å². The zero-order valence-corrected chi connectivity index (χ0v) is 30.4. The molecule has 0 bridgehead atoms. The summed E-state index contributed by atoms with van der Waals surface area (Å²) in [6.07, 6.45) is 0. The fourth-order valence-corrected chi connectivity index (χ4v) is 8.84. The van der Waals surface area contributed by atoms with Crippen LogP contribution in [0.2, 0.25) is 0 Å². The fraction of sp³-hybridized carbons (Fsp3) is 0.0286. The molecule has 227 valence electrons. The SMILES string of the molecule is ClCCl.[Cl][Pd-][Cl].[Fe+2].c1ccc(P(c2ccccc2)c2cc[cH-]c2)cc1.c1ccc(P(c2ccccc2)c2cc[cH-]c2)cc1. The molecule has 0 aromatic heterocycles. The van der Waals surface area contributed by atoms with E-state index in [4.69, 9.17) is 42.3 Å². The third-order valence-corrected chi connectivity index (χ3v) is 10.8. The Bertz CT molecular complexity index is 1260. The van der Waals surface area contributed by atoms with Gasteiger partial charge in [-0.3, -0.25) is 0 Å². The number of rotatable bonds is 6. The van der Waals surface area contributed by atoms with Crippen molar-refractivity contribution in [1.82, 2.24) is 0 Å². The van der Waals surface area contributed by atoms with Crippen molar-refractivity contribution in [3.63, 3.8) is 0 Å². The largest absolute Gasteiger partial charge is 2.00 e. The van der Waals surface area contributed by atoms with Gasteiger partial charge in [-0.15, -0.1) is 23.2 Å². The standard InChI is InChI=1S/2C17H14P.CH2Cl2.2ClH.Fe.Pd/c2*1-3-9-15(10-4-1)18(17-13-7-8-14-17)16-11-5-2-6-12-16;2-1-3;;;;/h2*1-14H;1H2;2*1H;;/q2*-1;;;;+2;+1/p-2. The summed E-state index contributed by atoms with van der Waals surface area (Å²) in [6, 6.07) is 60.5. The van der Waals surface area contributed by atoms with Crippen LogP contribution in [0.25, 0.3) is 0 Å². The van der Waals surface area contributed by atoms with E-state index >= 15 is 0 Å². The number of halogens is 4. The van der Waals surface area contributed by atoms with Gasteiger partial charge in [0.1, 0.15) is 0 Å². The van der Waals surface area contributed by atoms with Crippen molar-refractivity contribution in [2.45, 2.75) is 0 Å². The van der Waals surface area contributed by atoms with Gasteiger partial charge >= 0.3 is 52.1 Å². The van der Waals surface area contributed by atoms with E-state index < -0.39 is 15.8 Å². The van der Waals surface area contributed by atoms with Gasteiger partial charge in [0.05, 0.1) is 5.34 Å². The molecule has 0 N–H and O–H groups in total. The zero-order valence-electron chi connectivity index (χ0n) is 22.9. The number of alkyl halides is 2. The van der Waals surface area contributed by atoms with Crippen molar-refractivity contribution in [2.24, 2.45) is 0 Å². The maximum atomic E-state index is 4.81. The minimum Gasteiger partial charge on any atom is -0.206 e. The van der Waals surface area contributed by atoms with Gasteiger partial charge in [-0.1, -0.05) is 137 Å². The Morgan fingerprint density at radius 3 is 0.860 bits per heavy atom. The minimum atomic E-state index is -0.409. The summed E-state index contributed by atoms with van der Waals surface area (Å²) in [5, 5.41) is 8.66. The Labute approximate surface area is 295 Å². The van der Waals surface area contributed by atoms with E-state index in [1.807, 2.05) is 0 Å². The molecule has 0 heterocycles. The molecule has 0 atom stereocenters. The quantitative estimate of drug-likeness (QED) is 0.0682. The molecular weight excluding hydrogens is 786 g/mol. The van der Waals surface area contributed by atoms with Crippen LogP contribution in [0.1, 0.15) is 0 Å². The Hall–Kier alpha value is -1.22. The molecule has 0 amide bonds. The number of hydrogen-bond donors (Lipinski definition) is 0. The Balaban J connectivity index is 0.000000249. The van der Waals surface area contributed by atoms with E-state index in [9.17, 15) is 0 Å². The second-order valence-corrected chi connectivity index (χ2v) is 16.1. The van der Waals surface area contributed by atoms with Crippen LogP contribution in [0.3, 0.4) is 0 Å². The smallest absolute Gasteiger partial charge is 0.206 e. The second kappa shape index (κ2) is 23.2. The van der Waals surface area contributed by atoms with Crippen molar-refractivity contribution in [2.75, 3.05) is 5.34 Å². The molecular formula is C35H30Cl4FeP2Pd-. The molecule has 6 aromatic rings. The van der Waals surface area contributed by atoms with Gasteiger partial charge in [0.2, 0.25) is 0 Å². The summed E-state index contributed by atoms with van der Waals surface area (Å²) in [6.45, 7) is 0. The third-order valence-electron chi connectivity index (χ3n) is 5.86. The van der Waals surface area contributed by atoms with Gasteiger partial charge in [0, 0.05) is 0 Å². The van der Waals surface area contributed by atoms with Crippen LogP contribution in [0.15, 0.2) is 170 Å². The minimum absolute atomic E-state index is 0. The van der Waals surface area contributed by atoms with Crippen LogP contribution in [-0.2, 0) is 33.0 Å². The first-order chi connectivity index (χ1) is 20.7. The number of hydrogen-bond acceptors (Lipinski definition) is 0. The predicted molar refractivity (Wildman–Crippen MR) is 190 cm³/mol. The van der Waals surface area contributed by atoms with E-state index in [2.05, 4.69) is 170 Å². The van der Waals surface area contributed by atoms with Gasteiger partial charge < -0.3 is 0 Å². The summed E-state index contributed by atoms with van der Waals surface area (Å²) in [4.78, 5) is 0. The first-order valence-corrected chi connectivity index (χ1v) is 20.7. The molecule has 0 radical (unpaired) electrons. The van der Waals surface area contributed by atoms with E-state index in [1.54, 1.807) is 0 Å². The maximum Gasteiger partial charge on any atom is 2.00 e. The van der Waals surface area contributed by atoms with Crippen LogP contribution in [0.5, 0.6) is 0 Å². The van der Waals surface area contributed by atoms with Crippen molar-refractivity contribution >= 4 is 89.9 Å². The molecule has 0 saturated heterocycles. The molecule has 0 saturated carbocycles. The zero-order chi connectivity index (χ0) is 29.8. The third kappa shape index (κ3) is 13.0. The van der Waals surface area contributed by atoms with Crippen molar-refractivity contribution in [1.29, 1.82) is 0 Å². The molecule has 6 aromatic carbocycles. The molecule has 0 aliphatic carbocycles. The van der Waals surface area contributed by atoms with Crippen molar-refractivity contribution < 1.29 is 33.0 Å². The normalized spacial score (nSPS) is 9.91. The Kier molecular flexibility index (Phi) is 20.5. The molecule has 0 unspecified atom stereocenters. The fourth-order valence-electron chi connectivity index (χ4n) is 4.23. The summed E-state index contributed by atoms with van der Waals surface area (Å²) in [7, 11) is 8.81. The number of benzene rings is 4. The molecule has 0 aliphatic heterocycles. The maximum absolute atomic E-state index is 4.81. The van der Waals surface area contributed by atoms with Gasteiger partial charge in [-0.05, 0) is 21.2 Å². The average molecular weight is 817 g/mol. The van der Waals surface area contributed by atoms with Crippen LogP contribution >= 0.6 is 58.1 Å². The average Bonchev–Trinajstić information content (AvgIpc) is 3.77. The first kappa shape index (κ1) is 38.0. The van der Waals surface area contributed by atoms with Crippen molar-refractivity contribution in [3.8, 4) is 0 Å². The van der Waals surface area contributed by atoms with E-state index in [0.29, 0.717) is 0 Å². The first-order valence-electron chi connectivity index (χ1n) is 12.9. The molecule has 43 heavy (non-hydrogen) atoms. The van der Waals surface area contributed by atoms with Crippen LogP contribution in [0, 0.1) is 0 Å². The van der Waals surface area contributed by atoms with Gasteiger partial charge in [0.15, 0.2) is 0 Å². The molecule has 0 aliphatic rings. The molecule has 0 spiro atoms. The van der Waals surface area contributed by atoms with Crippen LogP contribution in [-0.4, -0.2) is 5.34 Å². The predicted octanol–water partition coefficient (Wildman–Crippen LogP) is 9.12. The molecule has 0 fully saturated rings. The topological polar surface area (TPSA) is 0 Å². The molecule has 8 heteroatoms. The summed E-state index contributed by atoms with van der Waals surface area (Å²) >= 11 is 9.42.